The number of nitriles is 1. The number of hydrogen-bond donors (Lipinski definition) is 1. The van der Waals surface area contributed by atoms with Crippen LogP contribution in [0.25, 0.3) is 0 Å². The summed E-state index contributed by atoms with van der Waals surface area (Å²) in [5.41, 5.74) is -0.0746. The molecule has 96 valence electrons. The molecule has 1 aromatic rings. The molecular weight excluding hydrogens is 238 g/mol. The Labute approximate surface area is 104 Å². The van der Waals surface area contributed by atoms with Crippen molar-refractivity contribution in [3.05, 3.63) is 34.9 Å². The van der Waals surface area contributed by atoms with Gasteiger partial charge in [0.15, 0.2) is 0 Å². The molecule has 0 bridgehead atoms. The smallest absolute Gasteiger partial charge is 0.255 e. The molecule has 1 rings (SSSR count). The fourth-order valence-electron chi connectivity index (χ4n) is 1.40. The van der Waals surface area contributed by atoms with Gasteiger partial charge in [-0.15, -0.1) is 0 Å². The van der Waals surface area contributed by atoms with E-state index < -0.39 is 23.6 Å². The molecule has 0 aliphatic carbocycles. The highest BCUT2D eigenvalue weighted by atomic mass is 19.1. The Kier molecular flexibility index (Phi) is 4.38. The lowest BCUT2D eigenvalue weighted by Gasteiger charge is -2.15. The summed E-state index contributed by atoms with van der Waals surface area (Å²) in [5, 5.41) is 11.2. The highest BCUT2D eigenvalue weighted by Crippen LogP contribution is 2.14. The predicted octanol–water partition coefficient (Wildman–Crippen LogP) is 2.55. The Morgan fingerprint density at radius 2 is 1.94 bits per heavy atom. The molecule has 0 aromatic heterocycles. The second kappa shape index (κ2) is 5.58. The molecule has 5 heteroatoms. The molecule has 1 unspecified atom stereocenters. The lowest BCUT2D eigenvalue weighted by Crippen LogP contribution is -2.37. The van der Waals surface area contributed by atoms with E-state index in [2.05, 4.69) is 5.32 Å². The minimum Gasteiger partial charge on any atom is -0.336 e. The minimum atomic E-state index is -0.934. The Morgan fingerprint density at radius 1 is 1.33 bits per heavy atom. The molecule has 0 spiro atoms. The van der Waals surface area contributed by atoms with Gasteiger partial charge in [-0.1, -0.05) is 13.8 Å². The van der Waals surface area contributed by atoms with Crippen LogP contribution >= 0.6 is 0 Å². The van der Waals surface area contributed by atoms with Crippen LogP contribution in [-0.2, 0) is 0 Å². The van der Waals surface area contributed by atoms with Crippen LogP contribution in [0.3, 0.4) is 0 Å². The van der Waals surface area contributed by atoms with Crippen molar-refractivity contribution in [2.75, 3.05) is 0 Å². The van der Waals surface area contributed by atoms with Crippen molar-refractivity contribution in [1.29, 1.82) is 5.26 Å². The first-order chi connectivity index (χ1) is 8.36. The van der Waals surface area contributed by atoms with Crippen molar-refractivity contribution in [1.82, 2.24) is 5.32 Å². The number of halogens is 2. The van der Waals surface area contributed by atoms with E-state index in [0.29, 0.717) is 6.07 Å². The van der Waals surface area contributed by atoms with Crippen LogP contribution in [0, 0.1) is 35.8 Å². The van der Waals surface area contributed by atoms with Crippen molar-refractivity contribution < 1.29 is 13.6 Å². The first-order valence-electron chi connectivity index (χ1n) is 5.53. The number of aryl methyl sites for hydroxylation is 1. The normalized spacial score (nSPS) is 12.1. The summed E-state index contributed by atoms with van der Waals surface area (Å²) >= 11 is 0. The van der Waals surface area contributed by atoms with E-state index in [0.717, 1.165) is 6.07 Å². The summed E-state index contributed by atoms with van der Waals surface area (Å²) in [5.74, 6) is -2.44. The molecule has 0 saturated heterocycles. The zero-order valence-corrected chi connectivity index (χ0v) is 10.4. The largest absolute Gasteiger partial charge is 0.336 e. The topological polar surface area (TPSA) is 52.9 Å². The van der Waals surface area contributed by atoms with Crippen LogP contribution in [0.5, 0.6) is 0 Å². The number of rotatable bonds is 3. The number of carbonyl (C=O) groups is 1. The Bertz CT molecular complexity index is 506. The van der Waals surface area contributed by atoms with Crippen molar-refractivity contribution in [3.63, 3.8) is 0 Å². The monoisotopic (exact) mass is 252 g/mol. The third-order valence-electron chi connectivity index (χ3n) is 2.59. The van der Waals surface area contributed by atoms with Crippen LogP contribution in [0.4, 0.5) is 8.78 Å². The standard InChI is InChI=1S/C13H14F2N2O/c1-7(2)12(6-16)17-13(18)9-4-8(3)10(14)5-11(9)15/h4-5,7,12H,1-3H3,(H,17,18). The molecule has 3 nitrogen and oxygen atoms in total. The number of nitrogens with one attached hydrogen (secondary N) is 1. The highest BCUT2D eigenvalue weighted by Gasteiger charge is 2.19. The number of nitrogens with zero attached hydrogens (tertiary/aromatic N) is 1. The van der Waals surface area contributed by atoms with Gasteiger partial charge in [0.05, 0.1) is 11.6 Å². The number of carbonyl (C=O) groups excluding carboxylic acids is 1. The molecule has 0 fully saturated rings. The minimum absolute atomic E-state index is 0.0939. The third kappa shape index (κ3) is 3.04. The maximum atomic E-state index is 13.5. The summed E-state index contributed by atoms with van der Waals surface area (Å²) < 4.78 is 26.5. The molecule has 1 aromatic carbocycles. The van der Waals surface area contributed by atoms with E-state index in [-0.39, 0.29) is 17.0 Å². The lowest BCUT2D eigenvalue weighted by molar-refractivity contribution is 0.0933. The van der Waals surface area contributed by atoms with Gasteiger partial charge in [0, 0.05) is 6.07 Å². The van der Waals surface area contributed by atoms with E-state index in [1.807, 2.05) is 6.07 Å². The molecule has 0 radical (unpaired) electrons. The molecular formula is C13H14F2N2O. The molecule has 1 N–H and O–H groups in total. The van der Waals surface area contributed by atoms with E-state index in [9.17, 15) is 13.6 Å². The Hall–Kier alpha value is -1.96. The van der Waals surface area contributed by atoms with Crippen molar-refractivity contribution >= 4 is 5.91 Å². The third-order valence-corrected chi connectivity index (χ3v) is 2.59. The fourth-order valence-corrected chi connectivity index (χ4v) is 1.40. The molecule has 0 saturated carbocycles. The molecule has 0 heterocycles. The van der Waals surface area contributed by atoms with Gasteiger partial charge in [0.2, 0.25) is 0 Å². The molecule has 0 aliphatic heterocycles. The van der Waals surface area contributed by atoms with E-state index in [4.69, 9.17) is 5.26 Å². The van der Waals surface area contributed by atoms with Crippen LogP contribution < -0.4 is 5.32 Å². The van der Waals surface area contributed by atoms with E-state index in [1.54, 1.807) is 13.8 Å². The second-order valence-electron chi connectivity index (χ2n) is 4.41. The summed E-state index contributed by atoms with van der Waals surface area (Å²) in [6.45, 7) is 4.97. The van der Waals surface area contributed by atoms with Gasteiger partial charge in [-0.2, -0.15) is 5.26 Å². The molecule has 1 amide bonds. The van der Waals surface area contributed by atoms with Crippen LogP contribution in [0.1, 0.15) is 29.8 Å². The SMILES string of the molecule is Cc1cc(C(=O)NC(C#N)C(C)C)c(F)cc1F. The number of amides is 1. The van der Waals surface area contributed by atoms with Gasteiger partial charge >= 0.3 is 0 Å². The lowest BCUT2D eigenvalue weighted by atomic mass is 10.0. The van der Waals surface area contributed by atoms with Gasteiger partial charge in [-0.05, 0) is 24.5 Å². The number of benzene rings is 1. The van der Waals surface area contributed by atoms with Crippen molar-refractivity contribution in [2.24, 2.45) is 5.92 Å². The Balaban J connectivity index is 2.99. The van der Waals surface area contributed by atoms with Crippen LogP contribution in [0.2, 0.25) is 0 Å². The van der Waals surface area contributed by atoms with Crippen LogP contribution in [0.15, 0.2) is 12.1 Å². The van der Waals surface area contributed by atoms with Crippen LogP contribution in [-0.4, -0.2) is 11.9 Å². The summed E-state index contributed by atoms with van der Waals surface area (Å²) in [7, 11) is 0. The van der Waals surface area contributed by atoms with Gasteiger partial charge in [0.1, 0.15) is 17.7 Å². The number of hydrogen-bond acceptors (Lipinski definition) is 2. The van der Waals surface area contributed by atoms with Crippen molar-refractivity contribution in [2.45, 2.75) is 26.8 Å². The van der Waals surface area contributed by atoms with E-state index >= 15 is 0 Å². The van der Waals surface area contributed by atoms with Gasteiger partial charge in [0.25, 0.3) is 5.91 Å². The maximum Gasteiger partial charge on any atom is 0.255 e. The average Bonchev–Trinajstić information content (AvgIpc) is 2.29. The molecule has 18 heavy (non-hydrogen) atoms. The van der Waals surface area contributed by atoms with Gasteiger partial charge in [-0.25, -0.2) is 8.78 Å². The quantitative estimate of drug-likeness (QED) is 0.898. The molecule has 0 aliphatic rings. The fraction of sp³-hybridized carbons (Fsp3) is 0.385. The highest BCUT2D eigenvalue weighted by molar-refractivity contribution is 5.95. The van der Waals surface area contributed by atoms with Crippen molar-refractivity contribution in [3.8, 4) is 6.07 Å². The molecule has 1 atom stereocenters. The summed E-state index contributed by atoms with van der Waals surface area (Å²) in [4.78, 5) is 11.8. The first-order valence-corrected chi connectivity index (χ1v) is 5.53. The van der Waals surface area contributed by atoms with E-state index in [1.165, 1.54) is 6.92 Å². The average molecular weight is 252 g/mol. The second-order valence-corrected chi connectivity index (χ2v) is 4.41. The summed E-state index contributed by atoms with van der Waals surface area (Å²) in [6.07, 6.45) is 0. The zero-order valence-electron chi connectivity index (χ0n) is 10.4. The first kappa shape index (κ1) is 14.1. The van der Waals surface area contributed by atoms with Gasteiger partial charge < -0.3 is 5.32 Å². The zero-order chi connectivity index (χ0) is 13.9. The predicted molar refractivity (Wildman–Crippen MR) is 62.8 cm³/mol. The Morgan fingerprint density at radius 3 is 2.44 bits per heavy atom. The summed E-state index contributed by atoms with van der Waals surface area (Å²) in [6, 6.07) is 3.01. The maximum absolute atomic E-state index is 13.5. The van der Waals surface area contributed by atoms with Gasteiger partial charge in [-0.3, -0.25) is 4.79 Å².